The Labute approximate surface area is 225 Å². The fraction of sp³-hybridized carbons (Fsp3) is 0.276. The van der Waals surface area contributed by atoms with Crippen LogP contribution < -0.4 is 20.3 Å². The Morgan fingerprint density at radius 2 is 1.89 bits per heavy atom. The van der Waals surface area contributed by atoms with E-state index in [-0.39, 0.29) is 18.0 Å². The molecule has 6 rings (SSSR count). The number of nitrogens with zero attached hydrogens (tertiary/aromatic N) is 3. The van der Waals surface area contributed by atoms with Crippen LogP contribution in [0.4, 0.5) is 21.9 Å². The van der Waals surface area contributed by atoms with Crippen LogP contribution in [0.25, 0.3) is 10.2 Å². The van der Waals surface area contributed by atoms with Gasteiger partial charge < -0.3 is 20.3 Å². The number of thiophene rings is 1. The standard InChI is InChI=1S/C29H29N5O3S/c1-17-6-8-20(9-7-17)37-21-10-11-22(18(2)15-21)34-23-12-13-30-28-24(23)25(32-29(34)36)26(38-28)27(35)31-19-5-4-14-33(3)16-19/h6-13,15,19H,4-5,14,16H2,1-3H3,(H,31,35)(H,32,36). The van der Waals surface area contributed by atoms with Gasteiger partial charge in [-0.1, -0.05) is 17.7 Å². The molecule has 2 aromatic carbocycles. The van der Waals surface area contributed by atoms with Crippen molar-refractivity contribution >= 4 is 50.6 Å². The molecule has 194 valence electrons. The summed E-state index contributed by atoms with van der Waals surface area (Å²) in [4.78, 5) is 36.4. The molecule has 9 heteroatoms. The minimum Gasteiger partial charge on any atom is -0.457 e. The normalized spacial score (nSPS) is 17.4. The van der Waals surface area contributed by atoms with Gasteiger partial charge in [0.15, 0.2) is 0 Å². The van der Waals surface area contributed by atoms with Gasteiger partial charge in [-0.3, -0.25) is 9.69 Å². The van der Waals surface area contributed by atoms with E-state index < -0.39 is 0 Å². The fourth-order valence-corrected chi connectivity index (χ4v) is 6.23. The predicted octanol–water partition coefficient (Wildman–Crippen LogP) is 6.21. The Bertz CT molecular complexity index is 1550. The number of hydrogen-bond donors (Lipinski definition) is 2. The van der Waals surface area contributed by atoms with Gasteiger partial charge in [0, 0.05) is 18.8 Å². The second-order valence-electron chi connectivity index (χ2n) is 10.0. The molecule has 1 saturated heterocycles. The van der Waals surface area contributed by atoms with Crippen molar-refractivity contribution in [2.75, 3.05) is 30.4 Å². The first-order chi connectivity index (χ1) is 18.4. The van der Waals surface area contributed by atoms with E-state index in [0.29, 0.717) is 26.8 Å². The molecule has 0 spiro atoms. The van der Waals surface area contributed by atoms with E-state index in [1.54, 1.807) is 11.1 Å². The lowest BCUT2D eigenvalue weighted by Gasteiger charge is -2.31. The molecule has 4 heterocycles. The summed E-state index contributed by atoms with van der Waals surface area (Å²) < 4.78 is 6.02. The number of ether oxygens (including phenoxy) is 1. The molecule has 0 aliphatic carbocycles. The molecule has 38 heavy (non-hydrogen) atoms. The number of nitrogens with one attached hydrogen (secondary N) is 2. The maximum atomic E-state index is 13.5. The van der Waals surface area contributed by atoms with Crippen molar-refractivity contribution in [3.63, 3.8) is 0 Å². The van der Waals surface area contributed by atoms with Crippen LogP contribution in [0.1, 0.15) is 33.6 Å². The molecule has 2 aliphatic heterocycles. The van der Waals surface area contributed by atoms with Gasteiger partial charge in [-0.25, -0.2) is 9.78 Å². The van der Waals surface area contributed by atoms with Crippen LogP contribution in [-0.2, 0) is 0 Å². The van der Waals surface area contributed by atoms with Crippen molar-refractivity contribution in [2.45, 2.75) is 32.7 Å². The molecule has 4 aromatic rings. The molecular formula is C29H29N5O3S. The van der Waals surface area contributed by atoms with Gasteiger partial charge in [0.25, 0.3) is 5.91 Å². The number of carbonyl (C=O) groups is 2. The second-order valence-corrected chi connectivity index (χ2v) is 11.0. The summed E-state index contributed by atoms with van der Waals surface area (Å²) in [6, 6.07) is 15.1. The molecule has 8 nitrogen and oxygen atoms in total. The van der Waals surface area contributed by atoms with Crippen molar-refractivity contribution < 1.29 is 14.3 Å². The maximum absolute atomic E-state index is 13.5. The molecule has 2 aliphatic rings. The fourth-order valence-electron chi connectivity index (χ4n) is 5.20. The minimum atomic E-state index is -0.315. The maximum Gasteiger partial charge on any atom is 0.331 e. The Balaban J connectivity index is 1.32. The number of likely N-dealkylation sites (N-methyl/N-ethyl adjacent to an activating group) is 1. The van der Waals surface area contributed by atoms with Crippen LogP contribution >= 0.6 is 11.3 Å². The molecule has 0 bridgehead atoms. The van der Waals surface area contributed by atoms with Gasteiger partial charge >= 0.3 is 6.03 Å². The first-order valence-electron chi connectivity index (χ1n) is 12.7. The molecule has 2 aromatic heterocycles. The average molecular weight is 528 g/mol. The summed E-state index contributed by atoms with van der Waals surface area (Å²) in [6.45, 7) is 5.84. The van der Waals surface area contributed by atoms with Crippen molar-refractivity contribution in [1.82, 2.24) is 15.2 Å². The van der Waals surface area contributed by atoms with Crippen LogP contribution in [0.5, 0.6) is 11.5 Å². The van der Waals surface area contributed by atoms with Gasteiger partial charge in [0.1, 0.15) is 21.2 Å². The number of aromatic nitrogens is 1. The Morgan fingerprint density at radius 3 is 2.66 bits per heavy atom. The lowest BCUT2D eigenvalue weighted by molar-refractivity contribution is 0.0917. The molecule has 3 amide bonds. The molecule has 0 radical (unpaired) electrons. The zero-order valence-corrected chi connectivity index (χ0v) is 22.4. The number of piperidine rings is 1. The molecule has 1 unspecified atom stereocenters. The number of rotatable bonds is 5. The number of anilines is 3. The summed E-state index contributed by atoms with van der Waals surface area (Å²) in [5, 5.41) is 6.93. The smallest absolute Gasteiger partial charge is 0.331 e. The number of likely N-dealkylation sites (tertiary alicyclic amines) is 1. The number of carbonyl (C=O) groups excluding carboxylic acids is 2. The second kappa shape index (κ2) is 9.74. The Morgan fingerprint density at radius 1 is 1.11 bits per heavy atom. The number of urea groups is 1. The van der Waals surface area contributed by atoms with Crippen molar-refractivity contribution in [1.29, 1.82) is 0 Å². The van der Waals surface area contributed by atoms with Crippen molar-refractivity contribution in [2.24, 2.45) is 0 Å². The summed E-state index contributed by atoms with van der Waals surface area (Å²) >= 11 is 1.31. The Hall–Kier alpha value is -3.95. The number of hydrogen-bond acceptors (Lipinski definition) is 6. The number of aryl methyl sites for hydroxylation is 2. The quantitative estimate of drug-likeness (QED) is 0.322. The summed E-state index contributed by atoms with van der Waals surface area (Å²) in [7, 11) is 2.07. The van der Waals surface area contributed by atoms with Gasteiger partial charge in [-0.05, 0) is 82.2 Å². The van der Waals surface area contributed by atoms with Crippen LogP contribution in [0, 0.1) is 13.8 Å². The summed E-state index contributed by atoms with van der Waals surface area (Å²) in [5.74, 6) is 1.27. The molecule has 0 saturated carbocycles. The minimum absolute atomic E-state index is 0.0881. The van der Waals surface area contributed by atoms with Crippen molar-refractivity contribution in [3.05, 3.63) is 70.7 Å². The van der Waals surface area contributed by atoms with Gasteiger partial charge in [0.05, 0.1) is 22.4 Å². The molecule has 1 fully saturated rings. The van der Waals surface area contributed by atoms with E-state index in [9.17, 15) is 9.59 Å². The zero-order valence-electron chi connectivity index (χ0n) is 21.6. The van der Waals surface area contributed by atoms with E-state index in [1.807, 2.05) is 62.4 Å². The van der Waals surface area contributed by atoms with Crippen LogP contribution in [0.2, 0.25) is 0 Å². The summed E-state index contributed by atoms with van der Waals surface area (Å²) in [6.07, 6.45) is 3.68. The number of pyridine rings is 1. The van der Waals surface area contributed by atoms with Crippen LogP contribution in [0.15, 0.2) is 54.7 Å². The zero-order chi connectivity index (χ0) is 26.4. The highest BCUT2D eigenvalue weighted by Crippen LogP contribution is 2.46. The van der Waals surface area contributed by atoms with Gasteiger partial charge in [0.2, 0.25) is 0 Å². The topological polar surface area (TPSA) is 86.8 Å². The van der Waals surface area contributed by atoms with E-state index in [1.165, 1.54) is 16.9 Å². The highest BCUT2D eigenvalue weighted by molar-refractivity contribution is 7.21. The highest BCUT2D eigenvalue weighted by Gasteiger charge is 2.34. The molecule has 2 N–H and O–H groups in total. The van der Waals surface area contributed by atoms with E-state index in [2.05, 4.69) is 27.6 Å². The van der Waals surface area contributed by atoms with Crippen molar-refractivity contribution in [3.8, 4) is 11.5 Å². The predicted molar refractivity (Wildman–Crippen MR) is 151 cm³/mol. The Kier molecular flexibility index (Phi) is 6.25. The largest absolute Gasteiger partial charge is 0.457 e. The highest BCUT2D eigenvalue weighted by atomic mass is 32.1. The third-order valence-corrected chi connectivity index (χ3v) is 8.17. The average Bonchev–Trinajstić information content (AvgIpc) is 3.26. The third-order valence-electron chi connectivity index (χ3n) is 7.08. The number of benzene rings is 2. The van der Waals surface area contributed by atoms with E-state index >= 15 is 0 Å². The lowest BCUT2D eigenvalue weighted by atomic mass is 10.1. The first kappa shape index (κ1) is 24.4. The molecular weight excluding hydrogens is 498 g/mol. The molecule has 1 atom stereocenters. The van der Waals surface area contributed by atoms with Crippen LogP contribution in [-0.4, -0.2) is 48.0 Å². The van der Waals surface area contributed by atoms with E-state index in [0.717, 1.165) is 48.3 Å². The van der Waals surface area contributed by atoms with Crippen LogP contribution in [0.3, 0.4) is 0 Å². The SMILES string of the molecule is Cc1ccc(Oc2ccc(N3C(=O)Nc4c(C(=O)NC5CCCN(C)C5)sc5nccc3c45)c(C)c2)cc1. The lowest BCUT2D eigenvalue weighted by Crippen LogP contribution is -2.46. The van der Waals surface area contributed by atoms with E-state index in [4.69, 9.17) is 4.74 Å². The first-order valence-corrected chi connectivity index (χ1v) is 13.6. The number of amides is 3. The van der Waals surface area contributed by atoms with Gasteiger partial charge in [-0.2, -0.15) is 0 Å². The summed E-state index contributed by atoms with van der Waals surface area (Å²) in [5.41, 5.74) is 4.02. The van der Waals surface area contributed by atoms with Gasteiger partial charge in [-0.15, -0.1) is 11.3 Å². The monoisotopic (exact) mass is 527 g/mol. The third kappa shape index (κ3) is 4.48.